The van der Waals surface area contributed by atoms with Gasteiger partial charge in [0.15, 0.2) is 0 Å². The van der Waals surface area contributed by atoms with E-state index in [4.69, 9.17) is 4.74 Å². The summed E-state index contributed by atoms with van der Waals surface area (Å²) in [6.45, 7) is 11.4. The van der Waals surface area contributed by atoms with Crippen LogP contribution in [0.4, 0.5) is 0 Å². The van der Waals surface area contributed by atoms with Crippen LogP contribution in [0.15, 0.2) is 0 Å². The van der Waals surface area contributed by atoms with Crippen molar-refractivity contribution in [3.8, 4) is 0 Å². The van der Waals surface area contributed by atoms with Crippen LogP contribution in [0.1, 0.15) is 46.5 Å². The van der Waals surface area contributed by atoms with Crippen molar-refractivity contribution in [1.29, 1.82) is 0 Å². The Labute approximate surface area is 113 Å². The third-order valence-corrected chi connectivity index (χ3v) is 3.81. The van der Waals surface area contributed by atoms with Crippen molar-refractivity contribution in [1.82, 2.24) is 10.2 Å². The van der Waals surface area contributed by atoms with Crippen LogP contribution in [0.2, 0.25) is 0 Å². The zero-order valence-electron chi connectivity index (χ0n) is 12.7. The molecule has 0 aromatic carbocycles. The average Bonchev–Trinajstić information content (AvgIpc) is 2.37. The summed E-state index contributed by atoms with van der Waals surface area (Å²) in [5.74, 6) is 0.736. The number of methoxy groups -OCH3 is 1. The normalized spacial score (nSPS) is 23.5. The van der Waals surface area contributed by atoms with E-state index in [1.54, 1.807) is 0 Å². The van der Waals surface area contributed by atoms with Crippen molar-refractivity contribution in [2.45, 2.75) is 58.6 Å². The summed E-state index contributed by atoms with van der Waals surface area (Å²) < 4.78 is 5.53. The fourth-order valence-corrected chi connectivity index (χ4v) is 2.78. The zero-order valence-corrected chi connectivity index (χ0v) is 12.7. The number of likely N-dealkylation sites (tertiary alicyclic amines) is 1. The van der Waals surface area contributed by atoms with Crippen LogP contribution in [0.5, 0.6) is 0 Å². The van der Waals surface area contributed by atoms with Gasteiger partial charge in [0.05, 0.1) is 6.10 Å². The molecule has 1 aliphatic heterocycles. The molecule has 3 heteroatoms. The van der Waals surface area contributed by atoms with Crippen LogP contribution in [-0.2, 0) is 4.74 Å². The number of ether oxygens (including phenoxy) is 1. The molecule has 108 valence electrons. The quantitative estimate of drug-likeness (QED) is 0.722. The number of rotatable bonds is 8. The first-order valence-corrected chi connectivity index (χ1v) is 7.64. The second-order valence-corrected chi connectivity index (χ2v) is 5.99. The van der Waals surface area contributed by atoms with E-state index in [0.29, 0.717) is 12.1 Å². The Morgan fingerprint density at radius 3 is 2.72 bits per heavy atom. The smallest absolute Gasteiger partial charge is 0.0698 e. The van der Waals surface area contributed by atoms with Crippen molar-refractivity contribution >= 4 is 0 Å². The molecule has 0 bridgehead atoms. The van der Waals surface area contributed by atoms with Gasteiger partial charge in [0.1, 0.15) is 0 Å². The van der Waals surface area contributed by atoms with Gasteiger partial charge in [-0.25, -0.2) is 0 Å². The molecule has 1 N–H and O–H groups in total. The van der Waals surface area contributed by atoms with Gasteiger partial charge < -0.3 is 10.1 Å². The topological polar surface area (TPSA) is 24.5 Å². The molecule has 0 amide bonds. The number of nitrogens with zero attached hydrogens (tertiary/aromatic N) is 1. The van der Waals surface area contributed by atoms with Gasteiger partial charge in [0.25, 0.3) is 0 Å². The maximum Gasteiger partial charge on any atom is 0.0698 e. The predicted octanol–water partition coefficient (Wildman–Crippen LogP) is 2.51. The molecule has 0 aromatic rings. The molecule has 0 spiro atoms. The van der Waals surface area contributed by atoms with Gasteiger partial charge in [0, 0.05) is 26.2 Å². The summed E-state index contributed by atoms with van der Waals surface area (Å²) in [5.41, 5.74) is 0. The molecule has 1 rings (SSSR count). The van der Waals surface area contributed by atoms with E-state index in [9.17, 15) is 0 Å². The molecule has 18 heavy (non-hydrogen) atoms. The Bertz CT molecular complexity index is 209. The van der Waals surface area contributed by atoms with Crippen LogP contribution in [0.3, 0.4) is 0 Å². The minimum absolute atomic E-state index is 0.447. The van der Waals surface area contributed by atoms with Gasteiger partial charge in [-0.2, -0.15) is 0 Å². The highest BCUT2D eigenvalue weighted by molar-refractivity contribution is 4.81. The largest absolute Gasteiger partial charge is 0.380 e. The molecule has 2 unspecified atom stereocenters. The molecular weight excluding hydrogens is 224 g/mol. The van der Waals surface area contributed by atoms with Crippen LogP contribution in [0, 0.1) is 5.92 Å². The first-order valence-electron chi connectivity index (χ1n) is 7.64. The molecule has 2 atom stereocenters. The minimum atomic E-state index is 0.447. The van der Waals surface area contributed by atoms with Crippen LogP contribution in [-0.4, -0.2) is 50.3 Å². The van der Waals surface area contributed by atoms with Crippen molar-refractivity contribution < 1.29 is 4.74 Å². The van der Waals surface area contributed by atoms with Crippen molar-refractivity contribution in [2.75, 3.05) is 33.3 Å². The lowest BCUT2D eigenvalue weighted by Crippen LogP contribution is -2.49. The second kappa shape index (κ2) is 8.89. The number of hydrogen-bond acceptors (Lipinski definition) is 3. The molecule has 1 saturated heterocycles. The van der Waals surface area contributed by atoms with Crippen LogP contribution in [0.25, 0.3) is 0 Å². The van der Waals surface area contributed by atoms with E-state index in [0.717, 1.165) is 25.6 Å². The monoisotopic (exact) mass is 256 g/mol. The second-order valence-electron chi connectivity index (χ2n) is 5.99. The summed E-state index contributed by atoms with van der Waals surface area (Å²) in [6, 6.07) is 0.687. The van der Waals surface area contributed by atoms with Crippen LogP contribution >= 0.6 is 0 Å². The van der Waals surface area contributed by atoms with Crippen molar-refractivity contribution in [3.05, 3.63) is 0 Å². The van der Waals surface area contributed by atoms with E-state index in [-0.39, 0.29) is 0 Å². The SMILES string of the molecule is CCCC(CNCC(C)C)N1CCCC(OC)C1. The molecule has 1 heterocycles. The van der Waals surface area contributed by atoms with E-state index in [2.05, 4.69) is 31.0 Å². The standard InChI is InChI=1S/C15H32N2O/c1-5-7-14(11-16-10-13(2)3)17-9-6-8-15(12-17)18-4/h13-16H,5-12H2,1-4H3. The van der Waals surface area contributed by atoms with Crippen LogP contribution < -0.4 is 5.32 Å². The number of nitrogens with one attached hydrogen (secondary N) is 1. The number of hydrogen-bond donors (Lipinski definition) is 1. The van der Waals surface area contributed by atoms with Crippen molar-refractivity contribution in [3.63, 3.8) is 0 Å². The number of piperidine rings is 1. The Kier molecular flexibility index (Phi) is 7.87. The van der Waals surface area contributed by atoms with E-state index < -0.39 is 0 Å². The maximum absolute atomic E-state index is 5.53. The highest BCUT2D eigenvalue weighted by Gasteiger charge is 2.24. The van der Waals surface area contributed by atoms with Gasteiger partial charge in [0.2, 0.25) is 0 Å². The Morgan fingerprint density at radius 1 is 1.33 bits per heavy atom. The molecule has 1 aliphatic rings. The summed E-state index contributed by atoms with van der Waals surface area (Å²) in [7, 11) is 1.85. The van der Waals surface area contributed by atoms with Gasteiger partial charge in [-0.05, 0) is 38.3 Å². The molecule has 0 aliphatic carbocycles. The third-order valence-electron chi connectivity index (χ3n) is 3.81. The lowest BCUT2D eigenvalue weighted by atomic mass is 10.0. The lowest BCUT2D eigenvalue weighted by molar-refractivity contribution is 0.0128. The predicted molar refractivity (Wildman–Crippen MR) is 78.0 cm³/mol. The highest BCUT2D eigenvalue weighted by Crippen LogP contribution is 2.17. The van der Waals surface area contributed by atoms with Gasteiger partial charge >= 0.3 is 0 Å². The molecule has 3 nitrogen and oxygen atoms in total. The molecule has 1 fully saturated rings. The van der Waals surface area contributed by atoms with E-state index >= 15 is 0 Å². The third kappa shape index (κ3) is 5.68. The average molecular weight is 256 g/mol. The first-order chi connectivity index (χ1) is 8.67. The summed E-state index contributed by atoms with van der Waals surface area (Å²) in [4.78, 5) is 2.63. The van der Waals surface area contributed by atoms with E-state index in [1.165, 1.54) is 32.2 Å². The Balaban J connectivity index is 2.39. The molecule has 0 aromatic heterocycles. The molecular formula is C15H32N2O. The Morgan fingerprint density at radius 2 is 2.11 bits per heavy atom. The van der Waals surface area contributed by atoms with Crippen molar-refractivity contribution in [2.24, 2.45) is 5.92 Å². The highest BCUT2D eigenvalue weighted by atomic mass is 16.5. The fraction of sp³-hybridized carbons (Fsp3) is 1.00. The van der Waals surface area contributed by atoms with E-state index in [1.807, 2.05) is 7.11 Å². The van der Waals surface area contributed by atoms with Gasteiger partial charge in [-0.15, -0.1) is 0 Å². The zero-order chi connectivity index (χ0) is 13.4. The first kappa shape index (κ1) is 15.9. The fourth-order valence-electron chi connectivity index (χ4n) is 2.78. The summed E-state index contributed by atoms with van der Waals surface area (Å²) >= 11 is 0. The van der Waals surface area contributed by atoms with Gasteiger partial charge in [-0.3, -0.25) is 4.90 Å². The Hall–Kier alpha value is -0.120. The summed E-state index contributed by atoms with van der Waals surface area (Å²) in [6.07, 6.45) is 5.51. The molecule has 0 saturated carbocycles. The van der Waals surface area contributed by atoms with Gasteiger partial charge in [-0.1, -0.05) is 27.2 Å². The minimum Gasteiger partial charge on any atom is -0.380 e. The maximum atomic E-state index is 5.53. The summed E-state index contributed by atoms with van der Waals surface area (Å²) in [5, 5.41) is 3.62. The lowest BCUT2D eigenvalue weighted by Gasteiger charge is -2.38. The molecule has 0 radical (unpaired) electrons.